The molecule has 2 aliphatic rings. The van der Waals surface area contributed by atoms with Crippen molar-refractivity contribution in [1.29, 1.82) is 0 Å². The van der Waals surface area contributed by atoms with Gasteiger partial charge < -0.3 is 25.4 Å². The van der Waals surface area contributed by atoms with Crippen LogP contribution in [-0.2, 0) is 9.47 Å². The molecule has 0 aromatic rings. The fraction of sp³-hybridized carbons (Fsp3) is 0.895. The summed E-state index contributed by atoms with van der Waals surface area (Å²) in [5.74, 6) is 0.825. The number of nitrogens with one attached hydrogen (secondary N) is 1. The van der Waals surface area contributed by atoms with Crippen LogP contribution in [-0.4, -0.2) is 86.5 Å². The molecule has 0 spiro atoms. The Kier molecular flexibility index (Phi) is 11.4. The summed E-state index contributed by atoms with van der Waals surface area (Å²) < 4.78 is 10.8. The minimum Gasteiger partial charge on any atom is -0.444 e. The Morgan fingerprint density at radius 2 is 2.00 bits per heavy atom. The highest BCUT2D eigenvalue weighted by atomic mass is 127. The monoisotopic (exact) mass is 511 g/mol. The first-order chi connectivity index (χ1) is 12.8. The van der Waals surface area contributed by atoms with Crippen molar-refractivity contribution < 1.29 is 14.3 Å². The largest absolute Gasteiger partial charge is 0.444 e. The van der Waals surface area contributed by atoms with E-state index in [4.69, 9.17) is 15.2 Å². The van der Waals surface area contributed by atoms with Gasteiger partial charge in [-0.2, -0.15) is 0 Å². The lowest BCUT2D eigenvalue weighted by Crippen LogP contribution is -2.43. The van der Waals surface area contributed by atoms with Crippen LogP contribution < -0.4 is 11.1 Å². The Balaban J connectivity index is 0.00000392. The van der Waals surface area contributed by atoms with Crippen molar-refractivity contribution in [2.45, 2.75) is 45.6 Å². The van der Waals surface area contributed by atoms with Crippen molar-refractivity contribution in [2.75, 3.05) is 59.0 Å². The molecular formula is C19H38IN5O3. The fourth-order valence-corrected chi connectivity index (χ4v) is 3.33. The molecule has 164 valence electrons. The lowest BCUT2D eigenvalue weighted by molar-refractivity contribution is 0.0170. The molecular weight excluding hydrogens is 473 g/mol. The van der Waals surface area contributed by atoms with Crippen LogP contribution in [0.4, 0.5) is 4.79 Å². The molecule has 0 aromatic heterocycles. The predicted molar refractivity (Wildman–Crippen MR) is 122 cm³/mol. The van der Waals surface area contributed by atoms with Gasteiger partial charge >= 0.3 is 6.09 Å². The van der Waals surface area contributed by atoms with Crippen molar-refractivity contribution >= 4 is 36.0 Å². The van der Waals surface area contributed by atoms with E-state index in [9.17, 15) is 4.79 Å². The maximum Gasteiger partial charge on any atom is 0.410 e. The average molecular weight is 511 g/mol. The average Bonchev–Trinajstić information content (AvgIpc) is 2.63. The summed E-state index contributed by atoms with van der Waals surface area (Å²) >= 11 is 0. The van der Waals surface area contributed by atoms with Crippen molar-refractivity contribution in [3.63, 3.8) is 0 Å². The summed E-state index contributed by atoms with van der Waals surface area (Å²) in [4.78, 5) is 20.9. The van der Waals surface area contributed by atoms with Gasteiger partial charge in [0.15, 0.2) is 5.96 Å². The molecule has 2 aliphatic heterocycles. The SMILES string of the molecule is CC(C)(C)OC(=O)N1CCCC(CN=C(N)NCCCN2CCOCC2)C1.I. The normalized spacial score (nSPS) is 21.8. The number of guanidine groups is 1. The van der Waals surface area contributed by atoms with Gasteiger partial charge in [-0.05, 0) is 52.5 Å². The molecule has 0 saturated carbocycles. The van der Waals surface area contributed by atoms with Crippen LogP contribution in [0.1, 0.15) is 40.0 Å². The smallest absolute Gasteiger partial charge is 0.410 e. The van der Waals surface area contributed by atoms with Crippen molar-refractivity contribution in [2.24, 2.45) is 16.6 Å². The molecule has 3 N–H and O–H groups in total. The van der Waals surface area contributed by atoms with Gasteiger partial charge in [-0.3, -0.25) is 9.89 Å². The first kappa shape index (κ1) is 25.2. The molecule has 8 nitrogen and oxygen atoms in total. The van der Waals surface area contributed by atoms with E-state index in [1.54, 1.807) is 4.90 Å². The third kappa shape index (κ3) is 10.1. The number of piperidine rings is 1. The van der Waals surface area contributed by atoms with Gasteiger partial charge in [-0.25, -0.2) is 4.79 Å². The molecule has 2 fully saturated rings. The maximum absolute atomic E-state index is 12.2. The number of likely N-dealkylation sites (tertiary alicyclic amines) is 1. The summed E-state index contributed by atoms with van der Waals surface area (Å²) in [7, 11) is 0. The summed E-state index contributed by atoms with van der Waals surface area (Å²) in [5.41, 5.74) is 5.53. The second-order valence-corrected chi connectivity index (χ2v) is 8.39. The zero-order valence-electron chi connectivity index (χ0n) is 17.6. The zero-order valence-corrected chi connectivity index (χ0v) is 19.9. The minimum atomic E-state index is -0.461. The van der Waals surface area contributed by atoms with Crippen LogP contribution in [0.2, 0.25) is 0 Å². The van der Waals surface area contributed by atoms with Gasteiger partial charge in [-0.1, -0.05) is 0 Å². The number of carbonyl (C=O) groups is 1. The highest BCUT2D eigenvalue weighted by Gasteiger charge is 2.27. The van der Waals surface area contributed by atoms with E-state index >= 15 is 0 Å². The molecule has 1 unspecified atom stereocenters. The van der Waals surface area contributed by atoms with E-state index < -0.39 is 5.60 Å². The number of amides is 1. The minimum absolute atomic E-state index is 0. The molecule has 0 aromatic carbocycles. The second kappa shape index (κ2) is 12.7. The van der Waals surface area contributed by atoms with Gasteiger partial charge in [0.25, 0.3) is 0 Å². The van der Waals surface area contributed by atoms with Crippen LogP contribution in [0.25, 0.3) is 0 Å². The Bertz CT molecular complexity index is 492. The predicted octanol–water partition coefficient (Wildman–Crippen LogP) is 1.88. The Labute approximate surface area is 186 Å². The number of halogens is 1. The lowest BCUT2D eigenvalue weighted by Gasteiger charge is -2.33. The van der Waals surface area contributed by atoms with Crippen LogP contribution in [0.5, 0.6) is 0 Å². The maximum atomic E-state index is 12.2. The molecule has 0 radical (unpaired) electrons. The molecule has 2 rings (SSSR count). The first-order valence-electron chi connectivity index (χ1n) is 10.2. The molecule has 2 saturated heterocycles. The molecule has 0 bridgehead atoms. The van der Waals surface area contributed by atoms with Crippen LogP contribution >= 0.6 is 24.0 Å². The van der Waals surface area contributed by atoms with Crippen LogP contribution in [0.3, 0.4) is 0 Å². The van der Waals surface area contributed by atoms with Crippen molar-refractivity contribution in [3.8, 4) is 0 Å². The number of hydrogen-bond acceptors (Lipinski definition) is 5. The fourth-order valence-electron chi connectivity index (χ4n) is 3.33. The number of rotatable bonds is 6. The highest BCUT2D eigenvalue weighted by molar-refractivity contribution is 14.0. The van der Waals surface area contributed by atoms with Gasteiger partial charge in [0.1, 0.15) is 5.60 Å². The lowest BCUT2D eigenvalue weighted by atomic mass is 9.98. The second-order valence-electron chi connectivity index (χ2n) is 8.39. The van der Waals surface area contributed by atoms with E-state index in [1.165, 1.54) is 0 Å². The van der Waals surface area contributed by atoms with E-state index in [1.807, 2.05) is 20.8 Å². The number of nitrogens with zero attached hydrogens (tertiary/aromatic N) is 3. The van der Waals surface area contributed by atoms with Crippen molar-refractivity contribution in [3.05, 3.63) is 0 Å². The zero-order chi connectivity index (χ0) is 19.7. The standard InChI is InChI=1S/C19H37N5O3.HI/c1-19(2,3)27-18(25)24-9-4-6-16(15-24)14-22-17(20)21-7-5-8-23-10-12-26-13-11-23;/h16H,4-15H2,1-3H3,(H3,20,21,22);1H. The number of hydrogen-bond donors (Lipinski definition) is 2. The molecule has 1 amide bonds. The van der Waals surface area contributed by atoms with Crippen LogP contribution in [0.15, 0.2) is 4.99 Å². The Morgan fingerprint density at radius 1 is 1.29 bits per heavy atom. The number of nitrogens with two attached hydrogens (primary N) is 1. The number of morpholine rings is 1. The Morgan fingerprint density at radius 3 is 2.68 bits per heavy atom. The van der Waals surface area contributed by atoms with Gasteiger partial charge in [0.2, 0.25) is 0 Å². The number of ether oxygens (including phenoxy) is 2. The first-order valence-corrected chi connectivity index (χ1v) is 10.2. The highest BCUT2D eigenvalue weighted by Crippen LogP contribution is 2.19. The summed E-state index contributed by atoms with van der Waals surface area (Å²) in [6.07, 6.45) is 2.84. The number of aliphatic imine (C=N–C) groups is 1. The van der Waals surface area contributed by atoms with E-state index in [-0.39, 0.29) is 30.1 Å². The van der Waals surface area contributed by atoms with Crippen molar-refractivity contribution in [1.82, 2.24) is 15.1 Å². The molecule has 28 heavy (non-hydrogen) atoms. The van der Waals surface area contributed by atoms with E-state index in [2.05, 4.69) is 15.2 Å². The van der Waals surface area contributed by atoms with Crippen LogP contribution in [0, 0.1) is 5.92 Å². The third-order valence-electron chi connectivity index (χ3n) is 4.75. The molecule has 9 heteroatoms. The summed E-state index contributed by atoms with van der Waals surface area (Å²) in [6, 6.07) is 0. The molecule has 2 heterocycles. The molecule has 0 aliphatic carbocycles. The quantitative estimate of drug-likeness (QED) is 0.245. The van der Waals surface area contributed by atoms with Gasteiger partial charge in [0.05, 0.1) is 13.2 Å². The number of carbonyl (C=O) groups excluding carboxylic acids is 1. The summed E-state index contributed by atoms with van der Waals surface area (Å²) in [6.45, 7) is 13.3. The topological polar surface area (TPSA) is 92.4 Å². The van der Waals surface area contributed by atoms with Gasteiger partial charge in [0, 0.05) is 39.3 Å². The van der Waals surface area contributed by atoms with Gasteiger partial charge in [-0.15, -0.1) is 24.0 Å². The third-order valence-corrected chi connectivity index (χ3v) is 4.75. The van der Waals surface area contributed by atoms with E-state index in [0.717, 1.165) is 65.2 Å². The summed E-state index contributed by atoms with van der Waals surface area (Å²) in [5, 5.41) is 3.19. The van der Waals surface area contributed by atoms with E-state index in [0.29, 0.717) is 25.0 Å². The Hall–Kier alpha value is -0.810. The molecule has 1 atom stereocenters.